The molecule has 1 aromatic rings. The fourth-order valence-electron chi connectivity index (χ4n) is 2.02. The molecule has 116 valence electrons. The van der Waals surface area contributed by atoms with Crippen molar-refractivity contribution in [2.75, 3.05) is 5.32 Å². The molecule has 0 saturated heterocycles. The van der Waals surface area contributed by atoms with Gasteiger partial charge >= 0.3 is 5.97 Å². The summed E-state index contributed by atoms with van der Waals surface area (Å²) in [4.78, 5) is 23.1. The van der Waals surface area contributed by atoms with Crippen LogP contribution >= 0.6 is 0 Å². The van der Waals surface area contributed by atoms with E-state index >= 15 is 0 Å². The van der Waals surface area contributed by atoms with Gasteiger partial charge in [-0.3, -0.25) is 4.79 Å². The van der Waals surface area contributed by atoms with E-state index in [1.54, 1.807) is 6.07 Å². The first-order chi connectivity index (χ1) is 9.81. The van der Waals surface area contributed by atoms with Crippen LogP contribution in [0.2, 0.25) is 0 Å². The van der Waals surface area contributed by atoms with Gasteiger partial charge in [-0.2, -0.15) is 0 Å². The molecular weight excluding hydrogens is 268 g/mol. The molecule has 5 heteroatoms. The lowest BCUT2D eigenvalue weighted by Crippen LogP contribution is -2.22. The number of carbonyl (C=O) groups is 2. The Labute approximate surface area is 125 Å². The van der Waals surface area contributed by atoms with E-state index in [4.69, 9.17) is 10.8 Å². The number of nitrogens with one attached hydrogen (secondary N) is 1. The van der Waals surface area contributed by atoms with E-state index in [1.165, 1.54) is 12.1 Å². The third-order valence-corrected chi connectivity index (χ3v) is 3.49. The van der Waals surface area contributed by atoms with Gasteiger partial charge in [0.25, 0.3) is 0 Å². The molecule has 0 aliphatic rings. The Morgan fingerprint density at radius 2 is 1.95 bits per heavy atom. The second kappa shape index (κ2) is 7.78. The Bertz CT molecular complexity index is 512. The highest BCUT2D eigenvalue weighted by Crippen LogP contribution is 2.19. The van der Waals surface area contributed by atoms with Crippen molar-refractivity contribution in [2.45, 2.75) is 46.1 Å². The molecule has 1 rings (SSSR count). The second-order valence-electron chi connectivity index (χ2n) is 5.63. The van der Waals surface area contributed by atoms with Crippen molar-refractivity contribution in [2.24, 2.45) is 11.7 Å². The minimum atomic E-state index is -1.00. The maximum Gasteiger partial charge on any atom is 0.335 e. The molecule has 1 aromatic carbocycles. The molecule has 0 aromatic heterocycles. The summed E-state index contributed by atoms with van der Waals surface area (Å²) in [5, 5.41) is 11.8. The lowest BCUT2D eigenvalue weighted by molar-refractivity contribution is -0.119. The van der Waals surface area contributed by atoms with Gasteiger partial charge in [0, 0.05) is 17.6 Å². The number of hydrogen-bond acceptors (Lipinski definition) is 3. The van der Waals surface area contributed by atoms with E-state index in [1.807, 2.05) is 20.8 Å². The minimum absolute atomic E-state index is 0.0923. The van der Waals surface area contributed by atoms with Crippen LogP contribution in [0.25, 0.3) is 0 Å². The molecule has 0 saturated carbocycles. The zero-order valence-electron chi connectivity index (χ0n) is 12.8. The van der Waals surface area contributed by atoms with Crippen molar-refractivity contribution in [1.82, 2.24) is 0 Å². The summed E-state index contributed by atoms with van der Waals surface area (Å²) < 4.78 is 0. The summed E-state index contributed by atoms with van der Waals surface area (Å²) in [7, 11) is 0. The molecule has 0 aliphatic carbocycles. The number of benzene rings is 1. The number of aryl methyl sites for hydroxylation is 1. The standard InChI is InChI=1S/C16H24N2O3/c1-10-7-8-13(16(20)21)9-14(10)18-15(19)11(2)5-4-6-12(3)17/h7-9,11-12H,4-6,17H2,1-3H3,(H,18,19)(H,20,21). The summed E-state index contributed by atoms with van der Waals surface area (Å²) >= 11 is 0. The fraction of sp³-hybridized carbons (Fsp3) is 0.500. The van der Waals surface area contributed by atoms with E-state index in [2.05, 4.69) is 5.32 Å². The van der Waals surface area contributed by atoms with Crippen LogP contribution in [0.5, 0.6) is 0 Å². The number of carbonyl (C=O) groups excluding carboxylic acids is 1. The Kier molecular flexibility index (Phi) is 6.37. The smallest absolute Gasteiger partial charge is 0.335 e. The van der Waals surface area contributed by atoms with Gasteiger partial charge in [-0.25, -0.2) is 4.79 Å². The van der Waals surface area contributed by atoms with Crippen LogP contribution in [0.3, 0.4) is 0 Å². The topological polar surface area (TPSA) is 92.4 Å². The van der Waals surface area contributed by atoms with Crippen molar-refractivity contribution in [1.29, 1.82) is 0 Å². The average molecular weight is 292 g/mol. The van der Waals surface area contributed by atoms with E-state index in [-0.39, 0.29) is 23.4 Å². The largest absolute Gasteiger partial charge is 0.478 e. The molecule has 5 nitrogen and oxygen atoms in total. The van der Waals surface area contributed by atoms with Gasteiger partial charge in [0.2, 0.25) is 5.91 Å². The van der Waals surface area contributed by atoms with Crippen LogP contribution in [0.1, 0.15) is 49.0 Å². The van der Waals surface area contributed by atoms with Gasteiger partial charge in [0.05, 0.1) is 5.56 Å². The zero-order valence-corrected chi connectivity index (χ0v) is 12.8. The summed E-state index contributed by atoms with van der Waals surface area (Å²) in [5.74, 6) is -1.22. The summed E-state index contributed by atoms with van der Waals surface area (Å²) in [6, 6.07) is 4.86. The number of nitrogens with two attached hydrogens (primary N) is 1. The van der Waals surface area contributed by atoms with Crippen LogP contribution < -0.4 is 11.1 Å². The third-order valence-electron chi connectivity index (χ3n) is 3.49. The van der Waals surface area contributed by atoms with E-state index in [0.29, 0.717) is 5.69 Å². The van der Waals surface area contributed by atoms with Crippen LogP contribution in [-0.2, 0) is 4.79 Å². The van der Waals surface area contributed by atoms with Gasteiger partial charge in [0.1, 0.15) is 0 Å². The first kappa shape index (κ1) is 17.2. The lowest BCUT2D eigenvalue weighted by Gasteiger charge is -2.14. The van der Waals surface area contributed by atoms with Gasteiger partial charge in [-0.1, -0.05) is 19.4 Å². The van der Waals surface area contributed by atoms with Crippen LogP contribution in [0.4, 0.5) is 5.69 Å². The van der Waals surface area contributed by atoms with Gasteiger partial charge in [0.15, 0.2) is 0 Å². The SMILES string of the molecule is Cc1ccc(C(=O)O)cc1NC(=O)C(C)CCCC(C)N. The molecule has 0 radical (unpaired) electrons. The zero-order chi connectivity index (χ0) is 16.0. The lowest BCUT2D eigenvalue weighted by atomic mass is 10.0. The van der Waals surface area contributed by atoms with Crippen LogP contribution in [-0.4, -0.2) is 23.0 Å². The number of anilines is 1. The van der Waals surface area contributed by atoms with Crippen molar-refractivity contribution in [3.63, 3.8) is 0 Å². The molecule has 0 aliphatic heterocycles. The van der Waals surface area contributed by atoms with E-state index in [0.717, 1.165) is 24.8 Å². The van der Waals surface area contributed by atoms with Gasteiger partial charge in [-0.15, -0.1) is 0 Å². The molecule has 2 unspecified atom stereocenters. The van der Waals surface area contributed by atoms with Crippen molar-refractivity contribution in [3.05, 3.63) is 29.3 Å². The molecular formula is C16H24N2O3. The molecule has 0 heterocycles. The highest BCUT2D eigenvalue weighted by atomic mass is 16.4. The fourth-order valence-corrected chi connectivity index (χ4v) is 2.02. The monoisotopic (exact) mass is 292 g/mol. The number of carboxylic acids is 1. The molecule has 0 bridgehead atoms. The molecule has 4 N–H and O–H groups in total. The Morgan fingerprint density at radius 1 is 1.29 bits per heavy atom. The number of hydrogen-bond donors (Lipinski definition) is 3. The summed E-state index contributed by atoms with van der Waals surface area (Å²) in [6.07, 6.45) is 2.57. The molecule has 2 atom stereocenters. The van der Waals surface area contributed by atoms with Crippen LogP contribution in [0.15, 0.2) is 18.2 Å². The Morgan fingerprint density at radius 3 is 2.52 bits per heavy atom. The molecule has 0 spiro atoms. The van der Waals surface area contributed by atoms with E-state index < -0.39 is 5.97 Å². The summed E-state index contributed by atoms with van der Waals surface area (Å²) in [6.45, 7) is 5.65. The summed E-state index contributed by atoms with van der Waals surface area (Å²) in [5.41, 5.74) is 7.25. The highest BCUT2D eigenvalue weighted by Gasteiger charge is 2.15. The first-order valence-corrected chi connectivity index (χ1v) is 7.21. The molecule has 0 fully saturated rings. The predicted molar refractivity (Wildman–Crippen MR) is 83.4 cm³/mol. The Balaban J connectivity index is 2.65. The maximum atomic E-state index is 12.1. The van der Waals surface area contributed by atoms with E-state index in [9.17, 15) is 9.59 Å². The van der Waals surface area contributed by atoms with Crippen molar-refractivity contribution >= 4 is 17.6 Å². The quantitative estimate of drug-likeness (QED) is 0.720. The van der Waals surface area contributed by atoms with Gasteiger partial charge < -0.3 is 16.2 Å². The van der Waals surface area contributed by atoms with Crippen molar-refractivity contribution < 1.29 is 14.7 Å². The molecule has 1 amide bonds. The number of amides is 1. The van der Waals surface area contributed by atoms with Crippen LogP contribution in [0, 0.1) is 12.8 Å². The second-order valence-corrected chi connectivity index (χ2v) is 5.63. The molecule has 21 heavy (non-hydrogen) atoms. The first-order valence-electron chi connectivity index (χ1n) is 7.21. The predicted octanol–water partition coefficient (Wildman–Crippen LogP) is 2.79. The highest BCUT2D eigenvalue weighted by molar-refractivity contribution is 5.95. The van der Waals surface area contributed by atoms with Crippen molar-refractivity contribution in [3.8, 4) is 0 Å². The number of carboxylic acid groups (broad SMARTS) is 1. The average Bonchev–Trinajstić information content (AvgIpc) is 2.40. The Hall–Kier alpha value is -1.88. The third kappa shape index (κ3) is 5.55. The number of rotatable bonds is 7. The normalized spacial score (nSPS) is 13.5. The maximum absolute atomic E-state index is 12.1. The van der Waals surface area contributed by atoms with Gasteiger partial charge in [-0.05, 0) is 44.4 Å². The minimum Gasteiger partial charge on any atom is -0.478 e. The number of aromatic carboxylic acids is 1.